The summed E-state index contributed by atoms with van der Waals surface area (Å²) in [5.74, 6) is -2.88. The van der Waals surface area contributed by atoms with Gasteiger partial charge in [-0.25, -0.2) is 14.6 Å². The van der Waals surface area contributed by atoms with Crippen LogP contribution in [0.15, 0.2) is 48.7 Å². The molecule has 2 heterocycles. The van der Waals surface area contributed by atoms with Crippen molar-refractivity contribution in [1.82, 2.24) is 14.3 Å². The Morgan fingerprint density at radius 1 is 1.21 bits per heavy atom. The van der Waals surface area contributed by atoms with Crippen molar-refractivity contribution in [3.8, 4) is 28.0 Å². The van der Waals surface area contributed by atoms with Crippen molar-refractivity contribution in [2.45, 2.75) is 52.4 Å². The van der Waals surface area contributed by atoms with E-state index in [9.17, 15) is 28.0 Å². The Bertz CT molecular complexity index is 1470. The van der Waals surface area contributed by atoms with E-state index in [-0.39, 0.29) is 6.54 Å². The molecular formula is C28H25F3N4O3S. The van der Waals surface area contributed by atoms with Gasteiger partial charge in [0.2, 0.25) is 0 Å². The van der Waals surface area contributed by atoms with Gasteiger partial charge in [-0.3, -0.25) is 0 Å². The monoisotopic (exact) mass is 554 g/mol. The van der Waals surface area contributed by atoms with Crippen LogP contribution in [0.3, 0.4) is 0 Å². The Morgan fingerprint density at radius 2 is 1.97 bits per heavy atom. The average Bonchev–Trinajstić information content (AvgIpc) is 3.35. The molecule has 39 heavy (non-hydrogen) atoms. The third-order valence-electron chi connectivity index (χ3n) is 6.24. The number of hydrogen-bond donors (Lipinski definition) is 0. The second-order valence-corrected chi connectivity index (χ2v) is 10.2. The third-order valence-corrected chi connectivity index (χ3v) is 7.00. The summed E-state index contributed by atoms with van der Waals surface area (Å²) >= 11 is 1.23. The Labute approximate surface area is 227 Å². The molecule has 0 saturated carbocycles. The molecule has 11 heteroatoms. The molecule has 7 nitrogen and oxygen atoms in total. The highest BCUT2D eigenvalue weighted by atomic mass is 32.1. The maximum atomic E-state index is 12.5. The average molecular weight is 555 g/mol. The quantitative estimate of drug-likeness (QED) is 0.255. The van der Waals surface area contributed by atoms with Crippen molar-refractivity contribution in [2.75, 3.05) is 0 Å². The molecule has 0 N–H and O–H groups in total. The van der Waals surface area contributed by atoms with Crippen LogP contribution in [0.4, 0.5) is 13.2 Å². The lowest BCUT2D eigenvalue weighted by atomic mass is 9.96. The topological polar surface area (TPSA) is 96.2 Å². The van der Waals surface area contributed by atoms with Crippen molar-refractivity contribution in [1.29, 1.82) is 5.26 Å². The molecule has 0 amide bonds. The molecule has 2 aromatic carbocycles. The van der Waals surface area contributed by atoms with E-state index >= 15 is 0 Å². The number of halogens is 3. The van der Waals surface area contributed by atoms with E-state index in [1.165, 1.54) is 22.5 Å². The van der Waals surface area contributed by atoms with Crippen molar-refractivity contribution >= 4 is 23.5 Å². The van der Waals surface area contributed by atoms with Crippen LogP contribution in [0.1, 0.15) is 43.0 Å². The number of nitriles is 1. The maximum Gasteiger partial charge on any atom is 0.491 e. The number of benzene rings is 2. The lowest BCUT2D eigenvalue weighted by Crippen LogP contribution is -2.45. The fourth-order valence-corrected chi connectivity index (χ4v) is 5.03. The van der Waals surface area contributed by atoms with Gasteiger partial charge >= 0.3 is 18.1 Å². The molecule has 1 unspecified atom stereocenters. The molecule has 1 aliphatic heterocycles. The van der Waals surface area contributed by atoms with Gasteiger partial charge in [0, 0.05) is 17.7 Å². The molecule has 1 aromatic heterocycles. The van der Waals surface area contributed by atoms with Gasteiger partial charge in [-0.2, -0.15) is 22.8 Å². The highest BCUT2D eigenvalue weighted by molar-refractivity contribution is 7.09. The van der Waals surface area contributed by atoms with Gasteiger partial charge < -0.3 is 9.64 Å². The zero-order valence-electron chi connectivity index (χ0n) is 21.5. The Balaban J connectivity index is 1.55. The van der Waals surface area contributed by atoms with Gasteiger partial charge in [-0.15, -0.1) is 0 Å². The van der Waals surface area contributed by atoms with Crippen molar-refractivity contribution in [2.24, 2.45) is 5.92 Å². The van der Waals surface area contributed by atoms with Crippen molar-refractivity contribution < 1.29 is 27.5 Å². The summed E-state index contributed by atoms with van der Waals surface area (Å²) in [6, 6.07) is 12.5. The number of rotatable bonds is 8. The van der Waals surface area contributed by atoms with Gasteiger partial charge in [0.15, 0.2) is 5.82 Å². The van der Waals surface area contributed by atoms with Gasteiger partial charge in [0.1, 0.15) is 11.0 Å². The molecule has 0 saturated heterocycles. The maximum absolute atomic E-state index is 12.5. The van der Waals surface area contributed by atoms with Gasteiger partial charge in [-0.1, -0.05) is 51.1 Å². The van der Waals surface area contributed by atoms with Crippen LogP contribution in [0.25, 0.3) is 22.0 Å². The minimum absolute atomic E-state index is 0.216. The molecule has 0 bridgehead atoms. The number of aromatic nitrogens is 2. The Kier molecular flexibility index (Phi) is 8.16. The summed E-state index contributed by atoms with van der Waals surface area (Å²) in [5, 5.41) is 10.3. The number of carbonyl (C=O) groups excluding carboxylic acids is 2. The molecular weight excluding hydrogens is 529 g/mol. The minimum atomic E-state index is -5.25. The predicted molar refractivity (Wildman–Crippen MR) is 139 cm³/mol. The first-order valence-corrected chi connectivity index (χ1v) is 13.0. The van der Waals surface area contributed by atoms with E-state index in [1.54, 1.807) is 6.20 Å². The number of esters is 2. The minimum Gasteiger partial charge on any atom is -0.385 e. The largest absolute Gasteiger partial charge is 0.491 e. The molecule has 4 rings (SSSR count). The molecule has 0 fully saturated rings. The molecule has 0 aliphatic carbocycles. The van der Waals surface area contributed by atoms with Crippen LogP contribution in [-0.2, 0) is 33.7 Å². The second kappa shape index (κ2) is 11.4. The molecule has 1 atom stereocenters. The lowest BCUT2D eigenvalue weighted by Gasteiger charge is -2.34. The third kappa shape index (κ3) is 6.17. The highest BCUT2D eigenvalue weighted by Gasteiger charge is 2.44. The van der Waals surface area contributed by atoms with E-state index < -0.39 is 24.2 Å². The van der Waals surface area contributed by atoms with E-state index in [1.807, 2.05) is 43.3 Å². The fourth-order valence-electron chi connectivity index (χ4n) is 4.36. The van der Waals surface area contributed by atoms with E-state index in [4.69, 9.17) is 4.98 Å². The normalized spacial score (nSPS) is 14.7. The fraction of sp³-hybridized carbons (Fsp3) is 0.321. The van der Waals surface area contributed by atoms with Crippen LogP contribution < -0.4 is 0 Å². The molecule has 0 radical (unpaired) electrons. The summed E-state index contributed by atoms with van der Waals surface area (Å²) in [5.41, 5.74) is 4.96. The van der Waals surface area contributed by atoms with Gasteiger partial charge in [0.25, 0.3) is 0 Å². The van der Waals surface area contributed by atoms with Gasteiger partial charge in [-0.05, 0) is 65.3 Å². The van der Waals surface area contributed by atoms with E-state index in [0.29, 0.717) is 28.7 Å². The standard InChI is InChI=1S/C28H25F3N4O3S/c1-4-21-19(15-35-11-10-23(35)26(36)38-27(37)28(29,30)31)6-5-7-22(21)24-33-25(39-34-24)18-9-8-17(12-16(2)3)20(13-18)14-32/h5-11,13,16,23H,4,12,15H2,1-3H3. The number of hydrogen-bond acceptors (Lipinski definition) is 8. The van der Waals surface area contributed by atoms with Crippen molar-refractivity contribution in [3.05, 3.63) is 70.9 Å². The number of ether oxygens (including phenoxy) is 1. The second-order valence-electron chi connectivity index (χ2n) is 9.47. The van der Waals surface area contributed by atoms with Crippen molar-refractivity contribution in [3.63, 3.8) is 0 Å². The van der Waals surface area contributed by atoms with Crippen LogP contribution in [-0.4, -0.2) is 38.4 Å². The molecule has 3 aromatic rings. The summed E-state index contributed by atoms with van der Waals surface area (Å²) in [6.45, 7) is 6.38. The van der Waals surface area contributed by atoms with Crippen LogP contribution in [0, 0.1) is 17.2 Å². The first kappa shape index (κ1) is 28.0. The van der Waals surface area contributed by atoms with Gasteiger partial charge in [0.05, 0.1) is 11.6 Å². The van der Waals surface area contributed by atoms with Crippen LogP contribution in [0.2, 0.25) is 0 Å². The molecule has 1 aliphatic rings. The Morgan fingerprint density at radius 3 is 2.59 bits per heavy atom. The summed E-state index contributed by atoms with van der Waals surface area (Å²) < 4.78 is 46.0. The van der Waals surface area contributed by atoms with Crippen LogP contribution in [0.5, 0.6) is 0 Å². The smallest absolute Gasteiger partial charge is 0.385 e. The predicted octanol–water partition coefficient (Wildman–Crippen LogP) is 5.83. The van der Waals surface area contributed by atoms with E-state index in [2.05, 4.69) is 29.0 Å². The first-order valence-electron chi connectivity index (χ1n) is 12.3. The lowest BCUT2D eigenvalue weighted by molar-refractivity contribution is -0.203. The number of carbonyl (C=O) groups is 2. The Hall–Kier alpha value is -4.04. The zero-order valence-corrected chi connectivity index (χ0v) is 22.3. The zero-order chi connectivity index (χ0) is 28.3. The number of nitrogens with zero attached hydrogens (tertiary/aromatic N) is 4. The first-order chi connectivity index (χ1) is 18.5. The van der Waals surface area contributed by atoms with E-state index in [0.717, 1.165) is 34.2 Å². The summed E-state index contributed by atoms with van der Waals surface area (Å²) in [7, 11) is 0. The van der Waals surface area contributed by atoms with Crippen LogP contribution >= 0.6 is 11.5 Å². The number of alkyl halides is 3. The molecule has 202 valence electrons. The SMILES string of the molecule is CCc1c(CN2C=CC2C(=O)OC(=O)C(F)(F)F)cccc1-c1nsc(-c2ccc(CC(C)C)c(C#N)c2)n1. The summed E-state index contributed by atoms with van der Waals surface area (Å²) in [4.78, 5) is 29.4. The molecule has 0 spiro atoms. The summed E-state index contributed by atoms with van der Waals surface area (Å²) in [6.07, 6.45) is -0.894. The highest BCUT2D eigenvalue weighted by Crippen LogP contribution is 2.32.